The van der Waals surface area contributed by atoms with E-state index in [4.69, 9.17) is 4.74 Å². The largest absolute Gasteiger partial charge is 0.375 e. The topological polar surface area (TPSA) is 49.8 Å². The Hall–Kier alpha value is -1.92. The van der Waals surface area contributed by atoms with Crippen molar-refractivity contribution in [3.8, 4) is 0 Å². The Morgan fingerprint density at radius 2 is 2.08 bits per heavy atom. The first-order valence-electron chi connectivity index (χ1n) is 9.02. The molecule has 0 amide bonds. The summed E-state index contributed by atoms with van der Waals surface area (Å²) in [6, 6.07) is 10.6. The average Bonchev–Trinajstić information content (AvgIpc) is 3.13. The molecule has 0 radical (unpaired) electrons. The number of aliphatic imine (C=N–C) groups is 1. The summed E-state index contributed by atoms with van der Waals surface area (Å²) in [7, 11) is 5.57. The van der Waals surface area contributed by atoms with Crippen LogP contribution in [0.1, 0.15) is 48.6 Å². The molecule has 1 aromatic carbocycles. The monoisotopic (exact) mass is 374 g/mol. The lowest BCUT2D eigenvalue weighted by Crippen LogP contribution is -2.40. The van der Waals surface area contributed by atoms with E-state index >= 15 is 0 Å². The molecule has 0 aliphatic heterocycles. The zero-order valence-electron chi connectivity index (χ0n) is 16.4. The van der Waals surface area contributed by atoms with Gasteiger partial charge < -0.3 is 15.0 Å². The van der Waals surface area contributed by atoms with Gasteiger partial charge in [-0.2, -0.15) is 0 Å². The third kappa shape index (κ3) is 5.54. The van der Waals surface area contributed by atoms with Crippen LogP contribution in [0.25, 0.3) is 0 Å². The Balaban J connectivity index is 1.94. The van der Waals surface area contributed by atoms with E-state index in [-0.39, 0.29) is 6.10 Å². The van der Waals surface area contributed by atoms with Crippen LogP contribution in [-0.4, -0.2) is 43.6 Å². The van der Waals surface area contributed by atoms with Crippen molar-refractivity contribution >= 4 is 17.3 Å². The smallest absolute Gasteiger partial charge is 0.193 e. The molecule has 0 fully saturated rings. The van der Waals surface area contributed by atoms with E-state index in [1.54, 1.807) is 18.4 Å². The highest BCUT2D eigenvalue weighted by molar-refractivity contribution is 7.09. The van der Waals surface area contributed by atoms with E-state index in [0.29, 0.717) is 5.92 Å². The number of nitrogens with one attached hydrogen (secondary N) is 1. The van der Waals surface area contributed by atoms with Crippen LogP contribution in [-0.2, 0) is 11.3 Å². The molecule has 2 unspecified atom stereocenters. The molecule has 1 aromatic heterocycles. The van der Waals surface area contributed by atoms with Crippen molar-refractivity contribution in [2.24, 2.45) is 4.99 Å². The molecular weight excluding hydrogens is 344 g/mol. The van der Waals surface area contributed by atoms with Crippen LogP contribution in [0.5, 0.6) is 0 Å². The predicted octanol–water partition coefficient (Wildman–Crippen LogP) is 4.05. The van der Waals surface area contributed by atoms with E-state index in [9.17, 15) is 0 Å². The second-order valence-electron chi connectivity index (χ2n) is 6.36. The first kappa shape index (κ1) is 20.4. The van der Waals surface area contributed by atoms with Crippen molar-refractivity contribution in [1.29, 1.82) is 0 Å². The minimum Gasteiger partial charge on any atom is -0.375 e. The van der Waals surface area contributed by atoms with E-state index < -0.39 is 0 Å². The number of hydrogen-bond donors (Lipinski definition) is 1. The fourth-order valence-corrected chi connectivity index (χ4v) is 3.66. The van der Waals surface area contributed by atoms with Gasteiger partial charge in [0.1, 0.15) is 11.1 Å². The third-order valence-corrected chi connectivity index (χ3v) is 5.57. The van der Waals surface area contributed by atoms with Crippen LogP contribution in [0.3, 0.4) is 0 Å². The molecule has 0 bridgehead atoms. The van der Waals surface area contributed by atoms with Gasteiger partial charge in [0.15, 0.2) is 5.96 Å². The second-order valence-corrected chi connectivity index (χ2v) is 7.24. The summed E-state index contributed by atoms with van der Waals surface area (Å²) in [5.41, 5.74) is 2.40. The summed E-state index contributed by atoms with van der Waals surface area (Å²) >= 11 is 1.64. The van der Waals surface area contributed by atoms with Crippen molar-refractivity contribution in [2.75, 3.05) is 27.7 Å². The Morgan fingerprint density at radius 1 is 1.35 bits per heavy atom. The van der Waals surface area contributed by atoms with Gasteiger partial charge in [-0.05, 0) is 18.9 Å². The number of guanidine groups is 1. The van der Waals surface area contributed by atoms with Crippen LogP contribution in [0.15, 0.2) is 40.7 Å². The van der Waals surface area contributed by atoms with Crippen LogP contribution < -0.4 is 5.32 Å². The average molecular weight is 375 g/mol. The molecule has 2 rings (SSSR count). The maximum absolute atomic E-state index is 5.34. The number of ether oxygens (including phenoxy) is 1. The van der Waals surface area contributed by atoms with Gasteiger partial charge in [0.2, 0.25) is 0 Å². The molecule has 0 saturated carbocycles. The molecule has 0 saturated heterocycles. The summed E-state index contributed by atoms with van der Waals surface area (Å²) < 4.78 is 5.34. The van der Waals surface area contributed by atoms with E-state index in [2.05, 4.69) is 62.8 Å². The number of benzene rings is 1. The molecule has 5 nitrogen and oxygen atoms in total. The Kier molecular flexibility index (Phi) is 8.06. The Morgan fingerprint density at radius 3 is 2.69 bits per heavy atom. The Bertz CT molecular complexity index is 686. The molecule has 0 spiro atoms. The van der Waals surface area contributed by atoms with E-state index in [0.717, 1.165) is 36.2 Å². The molecule has 2 aromatic rings. The number of methoxy groups -OCH3 is 1. The van der Waals surface area contributed by atoms with Crippen molar-refractivity contribution in [3.05, 3.63) is 52.0 Å². The van der Waals surface area contributed by atoms with Crippen LogP contribution >= 0.6 is 11.3 Å². The maximum atomic E-state index is 5.34. The number of thiazole rings is 1. The number of hydrogen-bond acceptors (Lipinski definition) is 4. The first-order chi connectivity index (χ1) is 12.6. The summed E-state index contributed by atoms with van der Waals surface area (Å²) in [6.45, 7) is 5.82. The molecular formula is C20H30N4OS. The third-order valence-electron chi connectivity index (χ3n) is 4.51. The summed E-state index contributed by atoms with van der Waals surface area (Å²) in [6.07, 6.45) is 1.12. The van der Waals surface area contributed by atoms with Crippen LogP contribution in [0.2, 0.25) is 0 Å². The molecule has 6 heteroatoms. The molecule has 0 aliphatic rings. The van der Waals surface area contributed by atoms with Crippen molar-refractivity contribution in [2.45, 2.75) is 38.8 Å². The SMILES string of the molecule is CCC(CNC(=NC)N(C)Cc1csc(C(C)OC)n1)c1ccccc1. The molecule has 1 heterocycles. The van der Waals surface area contributed by atoms with Gasteiger partial charge in [0.25, 0.3) is 0 Å². The highest BCUT2D eigenvalue weighted by Crippen LogP contribution is 2.21. The highest BCUT2D eigenvalue weighted by atomic mass is 32.1. The zero-order valence-corrected chi connectivity index (χ0v) is 17.2. The lowest BCUT2D eigenvalue weighted by molar-refractivity contribution is 0.119. The molecule has 1 N–H and O–H groups in total. The Labute approximate surface area is 161 Å². The van der Waals surface area contributed by atoms with Gasteiger partial charge in [-0.25, -0.2) is 4.98 Å². The minimum atomic E-state index is 0.0349. The minimum absolute atomic E-state index is 0.0349. The fraction of sp³-hybridized carbons (Fsp3) is 0.500. The highest BCUT2D eigenvalue weighted by Gasteiger charge is 2.14. The molecule has 26 heavy (non-hydrogen) atoms. The summed E-state index contributed by atoms with van der Waals surface area (Å²) in [5, 5.41) is 6.61. The number of rotatable bonds is 8. The van der Waals surface area contributed by atoms with Crippen molar-refractivity contribution in [3.63, 3.8) is 0 Å². The van der Waals surface area contributed by atoms with Crippen LogP contribution in [0, 0.1) is 0 Å². The van der Waals surface area contributed by atoms with Gasteiger partial charge in [0.05, 0.1) is 12.2 Å². The molecule has 142 valence electrons. The van der Waals surface area contributed by atoms with Gasteiger partial charge in [-0.1, -0.05) is 37.3 Å². The number of nitrogens with zero attached hydrogens (tertiary/aromatic N) is 3. The standard InChI is InChI=1S/C20H30N4OS/c1-6-16(17-10-8-7-9-11-17)12-22-20(21-3)24(4)13-18-14-26-19(23-18)15(2)25-5/h7-11,14-16H,6,12-13H2,1-5H3,(H,21,22). The van der Waals surface area contributed by atoms with E-state index in [1.807, 2.05) is 21.0 Å². The van der Waals surface area contributed by atoms with Crippen molar-refractivity contribution < 1.29 is 4.74 Å². The molecule has 2 atom stereocenters. The predicted molar refractivity (Wildman–Crippen MR) is 110 cm³/mol. The first-order valence-corrected chi connectivity index (χ1v) is 9.90. The van der Waals surface area contributed by atoms with Gasteiger partial charge >= 0.3 is 0 Å². The lowest BCUT2D eigenvalue weighted by atomic mass is 9.97. The fourth-order valence-electron chi connectivity index (χ4n) is 2.82. The van der Waals surface area contributed by atoms with Gasteiger partial charge in [0, 0.05) is 39.0 Å². The zero-order chi connectivity index (χ0) is 18.9. The van der Waals surface area contributed by atoms with E-state index in [1.165, 1.54) is 5.56 Å². The van der Waals surface area contributed by atoms with Crippen molar-refractivity contribution in [1.82, 2.24) is 15.2 Å². The van der Waals surface area contributed by atoms with Crippen LogP contribution in [0.4, 0.5) is 0 Å². The molecule has 0 aliphatic carbocycles. The normalized spacial score (nSPS) is 14.1. The second kappa shape index (κ2) is 10.3. The van der Waals surface area contributed by atoms with Gasteiger partial charge in [-0.15, -0.1) is 11.3 Å². The quantitative estimate of drug-likeness (QED) is 0.559. The maximum Gasteiger partial charge on any atom is 0.193 e. The summed E-state index contributed by atoms with van der Waals surface area (Å²) in [4.78, 5) is 11.2. The van der Waals surface area contributed by atoms with Gasteiger partial charge in [-0.3, -0.25) is 4.99 Å². The number of aromatic nitrogens is 1. The lowest BCUT2D eigenvalue weighted by Gasteiger charge is -2.24. The summed E-state index contributed by atoms with van der Waals surface area (Å²) in [5.74, 6) is 1.35.